The minimum absolute atomic E-state index is 0.0537. The summed E-state index contributed by atoms with van der Waals surface area (Å²) in [5.74, 6) is 0.819. The van der Waals surface area contributed by atoms with Crippen molar-refractivity contribution in [2.75, 3.05) is 7.11 Å². The van der Waals surface area contributed by atoms with Gasteiger partial charge in [0.15, 0.2) is 0 Å². The van der Waals surface area contributed by atoms with Crippen LogP contribution in [0.5, 0.6) is 5.75 Å². The van der Waals surface area contributed by atoms with Gasteiger partial charge in [0.1, 0.15) is 5.75 Å². The largest absolute Gasteiger partial charge is 0.497 e. The summed E-state index contributed by atoms with van der Waals surface area (Å²) in [6.45, 7) is 2.02. The van der Waals surface area contributed by atoms with E-state index in [1.165, 1.54) is 0 Å². The lowest BCUT2D eigenvalue weighted by Crippen LogP contribution is -2.08. The van der Waals surface area contributed by atoms with E-state index in [1.807, 2.05) is 37.4 Å². The van der Waals surface area contributed by atoms with E-state index < -0.39 is 0 Å². The number of nitrogens with zero attached hydrogens (tertiary/aromatic N) is 3. The van der Waals surface area contributed by atoms with Crippen molar-refractivity contribution >= 4 is 0 Å². The van der Waals surface area contributed by atoms with Gasteiger partial charge in [0.2, 0.25) is 0 Å². The Bertz CT molecular complexity index is 478. The molecule has 90 valence electrons. The molecule has 0 bridgehead atoms. The highest BCUT2D eigenvalue weighted by atomic mass is 16.5. The second kappa shape index (κ2) is 4.97. The topological polar surface area (TPSA) is 66.0 Å². The summed E-state index contributed by atoms with van der Waals surface area (Å²) in [4.78, 5) is 0. The quantitative estimate of drug-likeness (QED) is 0.871. The van der Waals surface area contributed by atoms with Crippen LogP contribution in [-0.4, -0.2) is 22.1 Å². The number of aromatic nitrogens is 3. The monoisotopic (exact) mass is 232 g/mol. The number of methoxy groups -OCH3 is 1. The molecule has 0 saturated heterocycles. The zero-order chi connectivity index (χ0) is 12.3. The lowest BCUT2D eigenvalue weighted by molar-refractivity contribution is 0.414. The fraction of sp³-hybridized carbons (Fsp3) is 0.333. The highest BCUT2D eigenvalue weighted by Gasteiger charge is 2.08. The zero-order valence-corrected chi connectivity index (χ0v) is 10.00. The Kier molecular flexibility index (Phi) is 3.39. The molecule has 1 aromatic carbocycles. The van der Waals surface area contributed by atoms with Gasteiger partial charge in [0.05, 0.1) is 30.7 Å². The van der Waals surface area contributed by atoms with Crippen LogP contribution in [0.4, 0.5) is 0 Å². The van der Waals surface area contributed by atoms with E-state index in [4.69, 9.17) is 10.5 Å². The first-order valence-corrected chi connectivity index (χ1v) is 5.57. The maximum atomic E-state index is 5.90. The fourth-order valence-corrected chi connectivity index (χ4v) is 1.52. The minimum Gasteiger partial charge on any atom is -0.497 e. The molecule has 1 unspecified atom stereocenters. The highest BCUT2D eigenvalue weighted by molar-refractivity contribution is 5.36. The van der Waals surface area contributed by atoms with Gasteiger partial charge in [-0.05, 0) is 30.7 Å². The highest BCUT2D eigenvalue weighted by Crippen LogP contribution is 2.16. The molecule has 0 saturated carbocycles. The molecule has 0 spiro atoms. The van der Waals surface area contributed by atoms with E-state index in [2.05, 4.69) is 10.3 Å². The molecular formula is C12H16N4O. The van der Waals surface area contributed by atoms with Crippen molar-refractivity contribution in [2.45, 2.75) is 19.4 Å². The van der Waals surface area contributed by atoms with Crippen molar-refractivity contribution in [3.63, 3.8) is 0 Å². The summed E-state index contributed by atoms with van der Waals surface area (Å²) in [7, 11) is 1.64. The minimum atomic E-state index is -0.0537. The van der Waals surface area contributed by atoms with Crippen LogP contribution in [0.15, 0.2) is 30.5 Å². The van der Waals surface area contributed by atoms with Crippen molar-refractivity contribution in [3.8, 4) is 11.4 Å². The molecule has 0 aliphatic heterocycles. The van der Waals surface area contributed by atoms with Crippen molar-refractivity contribution < 1.29 is 4.74 Å². The number of nitrogens with two attached hydrogens (primary N) is 1. The van der Waals surface area contributed by atoms with E-state index in [1.54, 1.807) is 11.8 Å². The lowest BCUT2D eigenvalue weighted by Gasteiger charge is -2.03. The molecule has 5 nitrogen and oxygen atoms in total. The summed E-state index contributed by atoms with van der Waals surface area (Å²) < 4.78 is 6.81. The maximum Gasteiger partial charge on any atom is 0.119 e. The molecule has 17 heavy (non-hydrogen) atoms. The Hall–Kier alpha value is -1.88. The van der Waals surface area contributed by atoms with Crippen LogP contribution in [0.3, 0.4) is 0 Å². The van der Waals surface area contributed by atoms with Crippen LogP contribution < -0.4 is 10.5 Å². The van der Waals surface area contributed by atoms with Crippen LogP contribution in [0.1, 0.15) is 25.1 Å². The Labute approximate surface area is 100 Å². The molecule has 5 heteroatoms. The Morgan fingerprint density at radius 3 is 2.65 bits per heavy atom. The Morgan fingerprint density at radius 2 is 2.06 bits per heavy atom. The maximum absolute atomic E-state index is 5.90. The first-order valence-electron chi connectivity index (χ1n) is 5.57. The molecule has 2 aromatic rings. The molecule has 2 N–H and O–H groups in total. The third-order valence-electron chi connectivity index (χ3n) is 2.67. The summed E-state index contributed by atoms with van der Waals surface area (Å²) >= 11 is 0. The molecule has 1 atom stereocenters. The van der Waals surface area contributed by atoms with Gasteiger partial charge in [-0.15, -0.1) is 5.10 Å². The Balaban J connectivity index is 2.24. The van der Waals surface area contributed by atoms with Crippen molar-refractivity contribution in [3.05, 3.63) is 36.2 Å². The number of ether oxygens (including phenoxy) is 1. The summed E-state index contributed by atoms with van der Waals surface area (Å²) in [5, 5.41) is 8.12. The molecule has 0 aliphatic carbocycles. The van der Waals surface area contributed by atoms with Crippen molar-refractivity contribution in [1.29, 1.82) is 0 Å². The normalized spacial score (nSPS) is 12.4. The van der Waals surface area contributed by atoms with E-state index in [9.17, 15) is 0 Å². The van der Waals surface area contributed by atoms with Gasteiger partial charge < -0.3 is 10.5 Å². The molecule has 0 fully saturated rings. The van der Waals surface area contributed by atoms with Crippen LogP contribution in [0.2, 0.25) is 0 Å². The van der Waals surface area contributed by atoms with Crippen LogP contribution in [0.25, 0.3) is 5.69 Å². The second-order valence-electron chi connectivity index (χ2n) is 3.80. The van der Waals surface area contributed by atoms with Crippen LogP contribution in [-0.2, 0) is 0 Å². The van der Waals surface area contributed by atoms with E-state index in [0.717, 1.165) is 23.6 Å². The van der Waals surface area contributed by atoms with Gasteiger partial charge >= 0.3 is 0 Å². The molecular weight excluding hydrogens is 216 g/mol. The molecule has 0 aliphatic rings. The van der Waals surface area contributed by atoms with Gasteiger partial charge in [-0.3, -0.25) is 0 Å². The number of hydrogen-bond donors (Lipinski definition) is 1. The van der Waals surface area contributed by atoms with E-state index >= 15 is 0 Å². The molecule has 1 aromatic heterocycles. The lowest BCUT2D eigenvalue weighted by atomic mass is 10.2. The molecule has 2 rings (SSSR count). The van der Waals surface area contributed by atoms with Gasteiger partial charge in [0.25, 0.3) is 0 Å². The fourth-order valence-electron chi connectivity index (χ4n) is 1.52. The molecule has 0 radical (unpaired) electrons. The zero-order valence-electron chi connectivity index (χ0n) is 10.00. The number of benzene rings is 1. The van der Waals surface area contributed by atoms with Gasteiger partial charge in [0, 0.05) is 0 Å². The smallest absolute Gasteiger partial charge is 0.119 e. The standard InChI is InChI=1S/C12H16N4O/c1-3-11(13)12-8-16(15-14-12)9-4-6-10(17-2)7-5-9/h4-8,11H,3,13H2,1-2H3. The Morgan fingerprint density at radius 1 is 1.35 bits per heavy atom. The first-order chi connectivity index (χ1) is 8.24. The predicted octanol–water partition coefficient (Wildman–Crippen LogP) is 1.69. The van der Waals surface area contributed by atoms with Gasteiger partial charge in [-0.25, -0.2) is 4.68 Å². The van der Waals surface area contributed by atoms with E-state index in [-0.39, 0.29) is 6.04 Å². The summed E-state index contributed by atoms with van der Waals surface area (Å²) in [5.41, 5.74) is 7.64. The third-order valence-corrected chi connectivity index (χ3v) is 2.67. The number of hydrogen-bond acceptors (Lipinski definition) is 4. The van der Waals surface area contributed by atoms with Gasteiger partial charge in [-0.1, -0.05) is 12.1 Å². The average molecular weight is 232 g/mol. The SMILES string of the molecule is CCC(N)c1cn(-c2ccc(OC)cc2)nn1. The van der Waals surface area contributed by atoms with Crippen molar-refractivity contribution in [1.82, 2.24) is 15.0 Å². The van der Waals surface area contributed by atoms with E-state index in [0.29, 0.717) is 0 Å². The first kappa shape index (κ1) is 11.6. The number of rotatable bonds is 4. The summed E-state index contributed by atoms with van der Waals surface area (Å²) in [6.07, 6.45) is 2.71. The van der Waals surface area contributed by atoms with Crippen molar-refractivity contribution in [2.24, 2.45) is 5.73 Å². The summed E-state index contributed by atoms with van der Waals surface area (Å²) in [6, 6.07) is 7.57. The average Bonchev–Trinajstić information content (AvgIpc) is 2.87. The van der Waals surface area contributed by atoms with Crippen LogP contribution >= 0.6 is 0 Å². The third kappa shape index (κ3) is 2.45. The molecule has 0 amide bonds. The van der Waals surface area contributed by atoms with Gasteiger partial charge in [-0.2, -0.15) is 0 Å². The van der Waals surface area contributed by atoms with Crippen LogP contribution in [0, 0.1) is 0 Å². The predicted molar refractivity (Wildman–Crippen MR) is 65.1 cm³/mol. The second-order valence-corrected chi connectivity index (χ2v) is 3.80. The molecule has 1 heterocycles.